The zero-order valence-electron chi connectivity index (χ0n) is 14.9. The molecule has 1 aromatic rings. The van der Waals surface area contributed by atoms with E-state index in [1.54, 1.807) is 26.4 Å². The second kappa shape index (κ2) is 9.44. The quantitative estimate of drug-likeness (QED) is 0.701. The molecule has 1 fully saturated rings. The topological polar surface area (TPSA) is 79.2 Å². The summed E-state index contributed by atoms with van der Waals surface area (Å²) in [7, 11) is 3.10. The Kier molecular flexibility index (Phi) is 7.28. The summed E-state index contributed by atoms with van der Waals surface area (Å²) in [6.07, 6.45) is 6.01. The summed E-state index contributed by atoms with van der Waals surface area (Å²) in [5.41, 5.74) is 1.46. The average molecular weight is 349 g/mol. The van der Waals surface area contributed by atoms with Crippen molar-refractivity contribution in [1.29, 1.82) is 0 Å². The Morgan fingerprint density at radius 3 is 2.56 bits per heavy atom. The van der Waals surface area contributed by atoms with Gasteiger partial charge in [-0.05, 0) is 43.6 Å². The summed E-state index contributed by atoms with van der Waals surface area (Å²) in [5.74, 6) is 0.0810. The molecule has 6 heteroatoms. The van der Waals surface area contributed by atoms with Crippen LogP contribution < -0.4 is 9.47 Å². The molecule has 0 saturated carbocycles. The number of aliphatic hydroxyl groups is 1. The molecule has 0 aliphatic carbocycles. The van der Waals surface area contributed by atoms with E-state index in [0.29, 0.717) is 30.0 Å². The van der Waals surface area contributed by atoms with Crippen LogP contribution in [0.4, 0.5) is 0 Å². The van der Waals surface area contributed by atoms with Gasteiger partial charge >= 0.3 is 5.97 Å². The fraction of sp³-hybridized carbons (Fsp3) is 0.526. The molecule has 138 valence electrons. The number of ether oxygens (including phenoxy) is 2. The van der Waals surface area contributed by atoms with Crippen LogP contribution in [0.3, 0.4) is 0 Å². The number of rotatable bonds is 8. The van der Waals surface area contributed by atoms with Gasteiger partial charge < -0.3 is 24.6 Å². The molecule has 1 saturated heterocycles. The summed E-state index contributed by atoms with van der Waals surface area (Å²) in [5, 5.41) is 19.5. The molecule has 6 nitrogen and oxygen atoms in total. The highest BCUT2D eigenvalue weighted by Gasteiger charge is 2.20. The van der Waals surface area contributed by atoms with Crippen LogP contribution >= 0.6 is 0 Å². The first-order chi connectivity index (χ1) is 12.0. The molecule has 25 heavy (non-hydrogen) atoms. The van der Waals surface area contributed by atoms with Crippen molar-refractivity contribution in [2.24, 2.45) is 0 Å². The average Bonchev–Trinajstić information content (AvgIpc) is 2.60. The van der Waals surface area contributed by atoms with Crippen molar-refractivity contribution in [1.82, 2.24) is 4.90 Å². The minimum absolute atomic E-state index is 0.371. The lowest BCUT2D eigenvalue weighted by atomic mass is 9.98. The van der Waals surface area contributed by atoms with E-state index in [1.165, 1.54) is 25.3 Å². The Morgan fingerprint density at radius 1 is 1.24 bits per heavy atom. The van der Waals surface area contributed by atoms with Gasteiger partial charge in [0.1, 0.15) is 0 Å². The summed E-state index contributed by atoms with van der Waals surface area (Å²) >= 11 is 0. The maximum absolute atomic E-state index is 10.8. The number of aliphatic carboxylic acids is 1. The molecule has 1 aliphatic heterocycles. The summed E-state index contributed by atoms with van der Waals surface area (Å²) in [6, 6.07) is 3.52. The zero-order chi connectivity index (χ0) is 18.2. The Balaban J connectivity index is 2.23. The highest BCUT2D eigenvalue weighted by atomic mass is 16.5. The Morgan fingerprint density at radius 2 is 1.96 bits per heavy atom. The van der Waals surface area contributed by atoms with Crippen LogP contribution in [-0.4, -0.2) is 61.0 Å². The van der Waals surface area contributed by atoms with Gasteiger partial charge in [0.2, 0.25) is 0 Å². The van der Waals surface area contributed by atoms with Crippen LogP contribution in [0, 0.1) is 0 Å². The lowest BCUT2D eigenvalue weighted by Crippen LogP contribution is -2.37. The molecule has 0 bridgehead atoms. The van der Waals surface area contributed by atoms with E-state index in [9.17, 15) is 9.90 Å². The molecule has 1 heterocycles. The normalized spacial score (nSPS) is 16.8. The third kappa shape index (κ3) is 5.47. The standard InChI is InChI=1S/C19H27NO5/c1-24-17-8-6-14(7-9-18(22)23)16(19(17)25-2)12-15(21)13-20-10-4-3-5-11-20/h6-9,15,21H,3-5,10-13H2,1-2H3,(H,22,23)/b9-7+. The number of likely N-dealkylation sites (tertiary alicyclic amines) is 1. The second-order valence-corrected chi connectivity index (χ2v) is 6.26. The van der Waals surface area contributed by atoms with E-state index < -0.39 is 12.1 Å². The number of β-amino-alcohol motifs (C(OH)–C–C–N with tert-alkyl or cyclic N) is 1. The fourth-order valence-electron chi connectivity index (χ4n) is 3.27. The zero-order valence-corrected chi connectivity index (χ0v) is 14.9. The minimum Gasteiger partial charge on any atom is -0.493 e. The van der Waals surface area contributed by atoms with Crippen molar-refractivity contribution in [2.45, 2.75) is 31.8 Å². The van der Waals surface area contributed by atoms with Crippen LogP contribution in [0.5, 0.6) is 11.5 Å². The first-order valence-corrected chi connectivity index (χ1v) is 8.60. The van der Waals surface area contributed by atoms with Crippen LogP contribution in [0.25, 0.3) is 6.08 Å². The fourth-order valence-corrected chi connectivity index (χ4v) is 3.27. The number of nitrogens with zero attached hydrogens (tertiary/aromatic N) is 1. The summed E-state index contributed by atoms with van der Waals surface area (Å²) < 4.78 is 10.8. The van der Waals surface area contributed by atoms with Crippen LogP contribution in [0.2, 0.25) is 0 Å². The van der Waals surface area contributed by atoms with E-state index >= 15 is 0 Å². The van der Waals surface area contributed by atoms with Gasteiger partial charge in [-0.1, -0.05) is 12.5 Å². The highest BCUT2D eigenvalue weighted by Crippen LogP contribution is 2.35. The van der Waals surface area contributed by atoms with Crippen LogP contribution in [0.1, 0.15) is 30.4 Å². The smallest absolute Gasteiger partial charge is 0.328 e. The molecule has 0 aromatic heterocycles. The molecule has 2 N–H and O–H groups in total. The van der Waals surface area contributed by atoms with Gasteiger partial charge in [-0.15, -0.1) is 0 Å². The van der Waals surface area contributed by atoms with Crippen molar-refractivity contribution in [3.63, 3.8) is 0 Å². The molecule has 1 aromatic carbocycles. The number of hydrogen-bond acceptors (Lipinski definition) is 5. The number of methoxy groups -OCH3 is 2. The molecular weight excluding hydrogens is 322 g/mol. The van der Waals surface area contributed by atoms with Crippen molar-refractivity contribution < 1.29 is 24.5 Å². The number of piperidine rings is 1. The van der Waals surface area contributed by atoms with E-state index in [2.05, 4.69) is 4.90 Å². The molecule has 0 amide bonds. The van der Waals surface area contributed by atoms with Crippen molar-refractivity contribution >= 4 is 12.0 Å². The number of hydrogen-bond donors (Lipinski definition) is 2. The third-order valence-electron chi connectivity index (χ3n) is 4.45. The van der Waals surface area contributed by atoms with Crippen molar-refractivity contribution in [3.05, 3.63) is 29.3 Å². The molecule has 1 atom stereocenters. The van der Waals surface area contributed by atoms with E-state index in [1.807, 2.05) is 0 Å². The van der Waals surface area contributed by atoms with E-state index in [-0.39, 0.29) is 0 Å². The number of aliphatic hydroxyl groups excluding tert-OH is 1. The van der Waals surface area contributed by atoms with Gasteiger partial charge in [0.05, 0.1) is 20.3 Å². The van der Waals surface area contributed by atoms with Gasteiger partial charge in [-0.25, -0.2) is 4.79 Å². The highest BCUT2D eigenvalue weighted by molar-refractivity contribution is 5.86. The SMILES string of the molecule is COc1ccc(/C=C/C(=O)O)c(CC(O)CN2CCCCC2)c1OC. The predicted molar refractivity (Wildman–Crippen MR) is 96.2 cm³/mol. The van der Waals surface area contributed by atoms with Gasteiger partial charge in [0, 0.05) is 24.6 Å². The lowest BCUT2D eigenvalue weighted by Gasteiger charge is -2.29. The van der Waals surface area contributed by atoms with Gasteiger partial charge in [-0.2, -0.15) is 0 Å². The second-order valence-electron chi connectivity index (χ2n) is 6.26. The minimum atomic E-state index is -1.02. The number of carbonyl (C=O) groups is 1. The molecule has 1 aliphatic rings. The maximum Gasteiger partial charge on any atom is 0.328 e. The Hall–Kier alpha value is -2.05. The summed E-state index contributed by atoms with van der Waals surface area (Å²) in [6.45, 7) is 2.62. The Bertz CT molecular complexity index is 608. The Labute approximate surface area is 148 Å². The van der Waals surface area contributed by atoms with Gasteiger partial charge in [0.15, 0.2) is 11.5 Å². The number of carboxylic acid groups (broad SMARTS) is 1. The molecule has 0 radical (unpaired) electrons. The monoisotopic (exact) mass is 349 g/mol. The van der Waals surface area contributed by atoms with Crippen LogP contribution in [0.15, 0.2) is 18.2 Å². The van der Waals surface area contributed by atoms with Gasteiger partial charge in [0.25, 0.3) is 0 Å². The number of benzene rings is 1. The molecule has 1 unspecified atom stereocenters. The van der Waals surface area contributed by atoms with Crippen LogP contribution in [-0.2, 0) is 11.2 Å². The molecular formula is C19H27NO5. The van der Waals surface area contributed by atoms with E-state index in [4.69, 9.17) is 14.6 Å². The van der Waals surface area contributed by atoms with Crippen molar-refractivity contribution in [2.75, 3.05) is 33.9 Å². The largest absolute Gasteiger partial charge is 0.493 e. The first-order valence-electron chi connectivity index (χ1n) is 8.60. The summed E-state index contributed by atoms with van der Waals surface area (Å²) in [4.78, 5) is 13.1. The predicted octanol–water partition coefficient (Wildman–Crippen LogP) is 2.19. The van der Waals surface area contributed by atoms with Gasteiger partial charge in [-0.3, -0.25) is 0 Å². The van der Waals surface area contributed by atoms with Crippen molar-refractivity contribution in [3.8, 4) is 11.5 Å². The third-order valence-corrected chi connectivity index (χ3v) is 4.45. The van der Waals surface area contributed by atoms with E-state index in [0.717, 1.165) is 24.7 Å². The maximum atomic E-state index is 10.8. The first kappa shape index (κ1) is 19.3. The molecule has 0 spiro atoms. The lowest BCUT2D eigenvalue weighted by molar-refractivity contribution is -0.131. The number of carboxylic acids is 1. The molecule has 2 rings (SSSR count).